The van der Waals surface area contributed by atoms with Crippen molar-refractivity contribution in [1.29, 1.82) is 0 Å². The summed E-state index contributed by atoms with van der Waals surface area (Å²) in [5.74, 6) is -0.934. The van der Waals surface area contributed by atoms with E-state index in [2.05, 4.69) is 0 Å². The topological polar surface area (TPSA) is 80.8 Å². The van der Waals surface area contributed by atoms with E-state index in [-0.39, 0.29) is 10.8 Å². The first kappa shape index (κ1) is 15.2. The molecule has 0 atom stereocenters. The molecule has 1 aliphatic heterocycles. The van der Waals surface area contributed by atoms with Crippen LogP contribution in [0.1, 0.15) is 17.3 Å². The Kier molecular flexibility index (Phi) is 3.65. The van der Waals surface area contributed by atoms with E-state index in [0.717, 1.165) is 0 Å². The van der Waals surface area contributed by atoms with Crippen LogP contribution >= 0.6 is 0 Å². The monoisotopic (exact) mass is 331 g/mol. The van der Waals surface area contributed by atoms with Crippen LogP contribution in [0.25, 0.3) is 0 Å². The van der Waals surface area contributed by atoms with Crippen molar-refractivity contribution in [1.82, 2.24) is 0 Å². The number of hydrogen-bond acceptors (Lipinski definition) is 5. The molecule has 0 radical (unpaired) electrons. The van der Waals surface area contributed by atoms with E-state index < -0.39 is 21.7 Å². The fourth-order valence-electron chi connectivity index (χ4n) is 2.41. The summed E-state index contributed by atoms with van der Waals surface area (Å²) in [6, 6.07) is 12.4. The van der Waals surface area contributed by atoms with Gasteiger partial charge in [-0.2, -0.15) is 0 Å². The molecule has 0 bridgehead atoms. The van der Waals surface area contributed by atoms with Gasteiger partial charge in [-0.05, 0) is 36.4 Å². The van der Waals surface area contributed by atoms with Crippen LogP contribution in [-0.2, 0) is 14.6 Å². The molecule has 3 rings (SSSR count). The maximum Gasteiger partial charge on any atom is 0.308 e. The Morgan fingerprint density at radius 2 is 1.70 bits per heavy atom. The fourth-order valence-corrected chi connectivity index (χ4v) is 3.93. The molecule has 0 spiro atoms. The SMILES string of the molecule is CC(=O)Oc1ccc(C(=O)N2CS(=O)(=O)c3ccccc32)cc1. The number of nitrogens with zero attached hydrogens (tertiary/aromatic N) is 1. The molecule has 1 aliphatic rings. The molecule has 0 aromatic heterocycles. The summed E-state index contributed by atoms with van der Waals surface area (Å²) in [7, 11) is -3.50. The van der Waals surface area contributed by atoms with E-state index in [1.807, 2.05) is 0 Å². The number of esters is 1. The van der Waals surface area contributed by atoms with E-state index in [0.29, 0.717) is 17.0 Å². The van der Waals surface area contributed by atoms with Crippen molar-refractivity contribution >= 4 is 27.4 Å². The molecule has 7 heteroatoms. The third-order valence-corrected chi connectivity index (χ3v) is 5.01. The minimum Gasteiger partial charge on any atom is -0.427 e. The van der Waals surface area contributed by atoms with Gasteiger partial charge in [0.1, 0.15) is 11.6 Å². The zero-order valence-corrected chi connectivity index (χ0v) is 13.0. The van der Waals surface area contributed by atoms with Crippen LogP contribution in [-0.4, -0.2) is 26.2 Å². The molecule has 2 aromatic rings. The first-order valence-electron chi connectivity index (χ1n) is 6.80. The Balaban J connectivity index is 1.91. The summed E-state index contributed by atoms with van der Waals surface area (Å²) in [4.78, 5) is 24.9. The minimum atomic E-state index is -3.50. The quantitative estimate of drug-likeness (QED) is 0.621. The van der Waals surface area contributed by atoms with Crippen molar-refractivity contribution in [2.24, 2.45) is 0 Å². The van der Waals surface area contributed by atoms with Crippen molar-refractivity contribution in [2.75, 3.05) is 10.8 Å². The number of benzene rings is 2. The molecule has 0 aliphatic carbocycles. The molecular formula is C16H13NO5S. The first-order valence-corrected chi connectivity index (χ1v) is 8.46. The van der Waals surface area contributed by atoms with E-state index >= 15 is 0 Å². The van der Waals surface area contributed by atoms with Crippen molar-refractivity contribution in [2.45, 2.75) is 11.8 Å². The van der Waals surface area contributed by atoms with Gasteiger partial charge in [-0.15, -0.1) is 0 Å². The molecule has 23 heavy (non-hydrogen) atoms. The highest BCUT2D eigenvalue weighted by Crippen LogP contribution is 2.34. The molecule has 118 valence electrons. The molecule has 0 N–H and O–H groups in total. The second-order valence-electron chi connectivity index (χ2n) is 5.06. The molecule has 6 nitrogen and oxygen atoms in total. The number of hydrogen-bond donors (Lipinski definition) is 0. The van der Waals surface area contributed by atoms with Crippen LogP contribution in [0.5, 0.6) is 5.75 Å². The Labute approximate surface area is 133 Å². The van der Waals surface area contributed by atoms with E-state index in [1.54, 1.807) is 18.2 Å². The summed E-state index contributed by atoms with van der Waals surface area (Å²) in [6.45, 7) is 1.28. The van der Waals surface area contributed by atoms with E-state index in [4.69, 9.17) is 4.74 Å². The van der Waals surface area contributed by atoms with Gasteiger partial charge in [-0.1, -0.05) is 12.1 Å². The second kappa shape index (κ2) is 5.51. The minimum absolute atomic E-state index is 0.157. The van der Waals surface area contributed by atoms with Gasteiger partial charge >= 0.3 is 5.97 Å². The number of carbonyl (C=O) groups is 2. The van der Waals surface area contributed by atoms with Crippen LogP contribution < -0.4 is 9.64 Å². The summed E-state index contributed by atoms with van der Waals surface area (Å²) < 4.78 is 29.2. The predicted octanol–water partition coefficient (Wildman–Crippen LogP) is 2.00. The number of anilines is 1. The number of sulfone groups is 1. The van der Waals surface area contributed by atoms with Gasteiger partial charge in [-0.25, -0.2) is 8.42 Å². The highest BCUT2D eigenvalue weighted by Gasteiger charge is 2.35. The normalized spacial score (nSPS) is 15.1. The largest absolute Gasteiger partial charge is 0.427 e. The van der Waals surface area contributed by atoms with Gasteiger partial charge in [0.15, 0.2) is 9.84 Å². The third-order valence-electron chi connectivity index (χ3n) is 3.40. The summed E-state index contributed by atoms with van der Waals surface area (Å²) in [6.07, 6.45) is 0. The van der Waals surface area contributed by atoms with Crippen LogP contribution in [0, 0.1) is 0 Å². The predicted molar refractivity (Wildman–Crippen MR) is 83.1 cm³/mol. The maximum atomic E-state index is 12.6. The summed E-state index contributed by atoms with van der Waals surface area (Å²) in [5.41, 5.74) is 0.689. The molecule has 2 aromatic carbocycles. The molecule has 0 saturated carbocycles. The van der Waals surface area contributed by atoms with Gasteiger partial charge in [-0.3, -0.25) is 14.5 Å². The Morgan fingerprint density at radius 3 is 2.35 bits per heavy atom. The molecule has 1 heterocycles. The second-order valence-corrected chi connectivity index (χ2v) is 6.99. The number of rotatable bonds is 2. The lowest BCUT2D eigenvalue weighted by molar-refractivity contribution is -0.131. The van der Waals surface area contributed by atoms with Gasteiger partial charge in [0.2, 0.25) is 0 Å². The highest BCUT2D eigenvalue weighted by atomic mass is 32.2. The lowest BCUT2D eigenvalue weighted by Crippen LogP contribution is -2.30. The van der Waals surface area contributed by atoms with E-state index in [1.165, 1.54) is 42.2 Å². The Morgan fingerprint density at radius 1 is 1.04 bits per heavy atom. The fraction of sp³-hybridized carbons (Fsp3) is 0.125. The zero-order valence-electron chi connectivity index (χ0n) is 12.2. The summed E-state index contributed by atoms with van der Waals surface area (Å²) in [5, 5.41) is 0. The lowest BCUT2D eigenvalue weighted by Gasteiger charge is -2.15. The van der Waals surface area contributed by atoms with Gasteiger partial charge in [0.05, 0.1) is 10.6 Å². The first-order chi connectivity index (χ1) is 10.9. The van der Waals surface area contributed by atoms with Crippen LogP contribution in [0.4, 0.5) is 5.69 Å². The van der Waals surface area contributed by atoms with Crippen LogP contribution in [0.2, 0.25) is 0 Å². The zero-order chi connectivity index (χ0) is 16.6. The maximum absolute atomic E-state index is 12.6. The molecule has 0 fully saturated rings. The molecule has 0 saturated heterocycles. The molecule has 0 unspecified atom stereocenters. The van der Waals surface area contributed by atoms with Crippen molar-refractivity contribution in [3.8, 4) is 5.75 Å². The van der Waals surface area contributed by atoms with Gasteiger partial charge in [0.25, 0.3) is 5.91 Å². The Hall–Kier alpha value is -2.67. The van der Waals surface area contributed by atoms with Crippen LogP contribution in [0.3, 0.4) is 0 Å². The number of ether oxygens (including phenoxy) is 1. The van der Waals surface area contributed by atoms with Crippen LogP contribution in [0.15, 0.2) is 53.4 Å². The number of fused-ring (bicyclic) bond motifs is 1. The average molecular weight is 331 g/mol. The van der Waals surface area contributed by atoms with Crippen molar-refractivity contribution in [3.05, 3.63) is 54.1 Å². The van der Waals surface area contributed by atoms with Gasteiger partial charge < -0.3 is 4.74 Å². The highest BCUT2D eigenvalue weighted by molar-refractivity contribution is 7.92. The van der Waals surface area contributed by atoms with Gasteiger partial charge in [0, 0.05) is 12.5 Å². The summed E-state index contributed by atoms with van der Waals surface area (Å²) >= 11 is 0. The molecule has 1 amide bonds. The third kappa shape index (κ3) is 2.83. The Bertz CT molecular complexity index is 887. The number of para-hydroxylation sites is 1. The van der Waals surface area contributed by atoms with E-state index in [9.17, 15) is 18.0 Å². The van der Waals surface area contributed by atoms with Crippen molar-refractivity contribution in [3.63, 3.8) is 0 Å². The molecular weight excluding hydrogens is 318 g/mol. The number of amides is 1. The average Bonchev–Trinajstić information content (AvgIpc) is 2.79. The lowest BCUT2D eigenvalue weighted by atomic mass is 10.2. The standard InChI is InChI=1S/C16H13NO5S/c1-11(18)22-13-8-6-12(7-9-13)16(19)17-10-23(20,21)15-5-3-2-4-14(15)17/h2-9H,10H2,1H3. The number of carbonyl (C=O) groups excluding carboxylic acids is 2. The smallest absolute Gasteiger partial charge is 0.308 e. The van der Waals surface area contributed by atoms with Crippen molar-refractivity contribution < 1.29 is 22.7 Å².